The summed E-state index contributed by atoms with van der Waals surface area (Å²) in [5.74, 6) is 0. The Bertz CT molecular complexity index is 273. The maximum Gasteiger partial charge on any atom is 0.139 e. The summed E-state index contributed by atoms with van der Waals surface area (Å²) >= 11 is 1.58. The van der Waals surface area contributed by atoms with E-state index in [1.165, 1.54) is 0 Å². The van der Waals surface area contributed by atoms with Crippen molar-refractivity contribution in [3.63, 3.8) is 0 Å². The number of rotatable bonds is 2. The van der Waals surface area contributed by atoms with E-state index in [-0.39, 0.29) is 12.1 Å². The molecule has 4 heteroatoms. The molecule has 1 aromatic heterocycles. The van der Waals surface area contributed by atoms with Gasteiger partial charge < -0.3 is 9.90 Å². The van der Waals surface area contributed by atoms with Gasteiger partial charge in [0.1, 0.15) is 6.29 Å². The van der Waals surface area contributed by atoms with E-state index in [4.69, 9.17) is 0 Å². The maximum absolute atomic E-state index is 10.3. The van der Waals surface area contributed by atoms with Crippen LogP contribution in [0.2, 0.25) is 0 Å². The van der Waals surface area contributed by atoms with Crippen molar-refractivity contribution in [2.45, 2.75) is 18.2 Å². The number of aliphatic hydroxyl groups is 1. The van der Waals surface area contributed by atoms with Crippen LogP contribution in [-0.4, -0.2) is 23.5 Å². The third-order valence-corrected chi connectivity index (χ3v) is 3.03. The molecule has 3 unspecified atom stereocenters. The minimum absolute atomic E-state index is 0.0415. The number of nitrogens with one attached hydrogen (secondary N) is 1. The summed E-state index contributed by atoms with van der Waals surface area (Å²) in [5, 5.41) is 14.4. The number of carbonyl (C=O) groups is 1. The fraction of sp³-hybridized carbons (Fsp3) is 0.375. The van der Waals surface area contributed by atoms with Crippen LogP contribution < -0.4 is 5.32 Å². The minimum atomic E-state index is -0.554. The molecule has 2 N–H and O–H groups in total. The molecule has 1 aromatic rings. The number of aliphatic hydroxyl groups excluding tert-OH is 1. The van der Waals surface area contributed by atoms with Gasteiger partial charge in [-0.15, -0.1) is 11.3 Å². The van der Waals surface area contributed by atoms with Gasteiger partial charge in [0.05, 0.1) is 18.2 Å². The summed E-state index contributed by atoms with van der Waals surface area (Å²) in [7, 11) is 0. The van der Waals surface area contributed by atoms with Crippen molar-refractivity contribution in [2.24, 2.45) is 0 Å². The Morgan fingerprint density at radius 2 is 2.50 bits per heavy atom. The van der Waals surface area contributed by atoms with Gasteiger partial charge in [-0.25, -0.2) is 0 Å². The zero-order valence-electron chi connectivity index (χ0n) is 6.31. The second kappa shape index (κ2) is 2.97. The van der Waals surface area contributed by atoms with E-state index in [9.17, 15) is 9.90 Å². The number of thiophene rings is 1. The summed E-state index contributed by atoms with van der Waals surface area (Å²) < 4.78 is 0. The standard InChI is InChI=1S/C8H9NO2S/c10-4-5-8(11)7(9-5)6-2-1-3-12-6/h1-5,7-9,11H. The van der Waals surface area contributed by atoms with Crippen molar-refractivity contribution in [1.82, 2.24) is 5.32 Å². The largest absolute Gasteiger partial charge is 0.389 e. The molecule has 1 fully saturated rings. The molecule has 2 heterocycles. The Morgan fingerprint density at radius 3 is 3.00 bits per heavy atom. The average Bonchev–Trinajstić information content (AvgIpc) is 2.55. The highest BCUT2D eigenvalue weighted by Gasteiger charge is 2.40. The Hall–Kier alpha value is -0.710. The summed E-state index contributed by atoms with van der Waals surface area (Å²) in [5.41, 5.74) is 0. The zero-order valence-corrected chi connectivity index (χ0v) is 7.12. The lowest BCUT2D eigenvalue weighted by Gasteiger charge is -2.39. The maximum atomic E-state index is 10.3. The van der Waals surface area contributed by atoms with Crippen LogP contribution in [0.3, 0.4) is 0 Å². The van der Waals surface area contributed by atoms with Gasteiger partial charge in [-0.05, 0) is 11.4 Å². The third kappa shape index (κ3) is 1.08. The first-order valence-electron chi connectivity index (χ1n) is 3.76. The number of hydrogen-bond donors (Lipinski definition) is 2. The molecule has 3 nitrogen and oxygen atoms in total. The topological polar surface area (TPSA) is 49.3 Å². The van der Waals surface area contributed by atoms with Gasteiger partial charge in [-0.2, -0.15) is 0 Å². The zero-order chi connectivity index (χ0) is 8.55. The Labute approximate surface area is 74.0 Å². The van der Waals surface area contributed by atoms with E-state index < -0.39 is 6.10 Å². The van der Waals surface area contributed by atoms with Crippen molar-refractivity contribution < 1.29 is 9.90 Å². The second-order valence-electron chi connectivity index (χ2n) is 2.81. The van der Waals surface area contributed by atoms with Crippen LogP contribution in [-0.2, 0) is 4.79 Å². The molecule has 0 bridgehead atoms. The van der Waals surface area contributed by atoms with Crippen LogP contribution in [0.1, 0.15) is 10.9 Å². The van der Waals surface area contributed by atoms with Crippen molar-refractivity contribution >= 4 is 17.6 Å². The highest BCUT2D eigenvalue weighted by atomic mass is 32.1. The van der Waals surface area contributed by atoms with Crippen LogP contribution in [0.15, 0.2) is 17.5 Å². The van der Waals surface area contributed by atoms with Crippen molar-refractivity contribution in [1.29, 1.82) is 0 Å². The highest BCUT2D eigenvalue weighted by molar-refractivity contribution is 7.10. The van der Waals surface area contributed by atoms with Crippen molar-refractivity contribution in [3.05, 3.63) is 22.4 Å². The number of hydrogen-bond acceptors (Lipinski definition) is 4. The van der Waals surface area contributed by atoms with Gasteiger partial charge >= 0.3 is 0 Å². The predicted molar refractivity (Wildman–Crippen MR) is 46.1 cm³/mol. The van der Waals surface area contributed by atoms with E-state index >= 15 is 0 Å². The monoisotopic (exact) mass is 183 g/mol. The lowest BCUT2D eigenvalue weighted by Crippen LogP contribution is -2.60. The van der Waals surface area contributed by atoms with Gasteiger partial charge in [0.15, 0.2) is 0 Å². The van der Waals surface area contributed by atoms with Crippen LogP contribution in [0.5, 0.6) is 0 Å². The first-order chi connectivity index (χ1) is 5.83. The SMILES string of the molecule is O=CC1NC(c2cccs2)C1O. The molecule has 64 valence electrons. The van der Waals surface area contributed by atoms with Gasteiger partial charge in [0.2, 0.25) is 0 Å². The normalized spacial score (nSPS) is 34.2. The molecule has 0 saturated carbocycles. The number of aldehydes is 1. The molecule has 3 atom stereocenters. The molecule has 1 aliphatic rings. The van der Waals surface area contributed by atoms with E-state index in [1.54, 1.807) is 11.3 Å². The van der Waals surface area contributed by atoms with E-state index in [2.05, 4.69) is 5.32 Å². The van der Waals surface area contributed by atoms with Crippen molar-refractivity contribution in [2.75, 3.05) is 0 Å². The molecule has 0 amide bonds. The van der Waals surface area contributed by atoms with Crippen LogP contribution in [0, 0.1) is 0 Å². The average molecular weight is 183 g/mol. The van der Waals surface area contributed by atoms with E-state index in [0.29, 0.717) is 0 Å². The van der Waals surface area contributed by atoms with Crippen LogP contribution in [0.4, 0.5) is 0 Å². The molecule has 0 spiro atoms. The molecule has 2 rings (SSSR count). The summed E-state index contributed by atoms with van der Waals surface area (Å²) in [6, 6.07) is 3.46. The molecule has 0 radical (unpaired) electrons. The van der Waals surface area contributed by atoms with Gasteiger partial charge in [-0.3, -0.25) is 5.32 Å². The molecule has 1 saturated heterocycles. The lowest BCUT2D eigenvalue weighted by molar-refractivity contribution is -0.117. The Morgan fingerprint density at radius 1 is 1.67 bits per heavy atom. The molecule has 12 heavy (non-hydrogen) atoms. The third-order valence-electron chi connectivity index (χ3n) is 2.08. The van der Waals surface area contributed by atoms with E-state index in [1.807, 2.05) is 17.5 Å². The Balaban J connectivity index is 2.07. The molecular weight excluding hydrogens is 174 g/mol. The fourth-order valence-electron chi connectivity index (χ4n) is 1.33. The minimum Gasteiger partial charge on any atom is -0.389 e. The molecule has 0 aromatic carbocycles. The smallest absolute Gasteiger partial charge is 0.139 e. The van der Waals surface area contributed by atoms with Crippen LogP contribution >= 0.6 is 11.3 Å². The fourth-order valence-corrected chi connectivity index (χ4v) is 2.16. The van der Waals surface area contributed by atoms with E-state index in [0.717, 1.165) is 11.2 Å². The first kappa shape index (κ1) is 7.91. The summed E-state index contributed by atoms with van der Waals surface area (Å²) in [6.07, 6.45) is 0.190. The molecule has 0 aliphatic carbocycles. The Kier molecular flexibility index (Phi) is 1.96. The van der Waals surface area contributed by atoms with Crippen LogP contribution in [0.25, 0.3) is 0 Å². The predicted octanol–water partition coefficient (Wildman–Crippen LogP) is 0.321. The van der Waals surface area contributed by atoms with Gasteiger partial charge in [-0.1, -0.05) is 6.07 Å². The summed E-state index contributed by atoms with van der Waals surface area (Å²) in [6.45, 7) is 0. The quantitative estimate of drug-likeness (QED) is 0.649. The first-order valence-corrected chi connectivity index (χ1v) is 4.63. The van der Waals surface area contributed by atoms with Crippen molar-refractivity contribution in [3.8, 4) is 0 Å². The highest BCUT2D eigenvalue weighted by Crippen LogP contribution is 2.30. The molecule has 1 aliphatic heterocycles. The lowest BCUT2D eigenvalue weighted by atomic mass is 9.93. The number of carbonyl (C=O) groups excluding carboxylic acids is 1. The van der Waals surface area contributed by atoms with Gasteiger partial charge in [0, 0.05) is 4.88 Å². The molecular formula is C8H9NO2S. The summed E-state index contributed by atoms with van der Waals surface area (Å²) in [4.78, 5) is 11.4. The second-order valence-corrected chi connectivity index (χ2v) is 3.79. The van der Waals surface area contributed by atoms with Gasteiger partial charge in [0.25, 0.3) is 0 Å².